The largest absolute Gasteiger partial charge is 0.494 e. The van der Waals surface area contributed by atoms with E-state index >= 15 is 0 Å². The number of hydrogen-bond acceptors (Lipinski definition) is 6. The molecule has 2 amide bonds. The van der Waals surface area contributed by atoms with Crippen LogP contribution in [0.2, 0.25) is 0 Å². The van der Waals surface area contributed by atoms with Crippen molar-refractivity contribution < 1.29 is 24.0 Å². The average molecular weight is 492 g/mol. The number of unbranched alkanes of at least 4 members (excludes halogenated alkanes) is 1. The number of anilines is 2. The van der Waals surface area contributed by atoms with Gasteiger partial charge in [-0.1, -0.05) is 25.9 Å². The van der Waals surface area contributed by atoms with Gasteiger partial charge in [-0.15, -0.1) is 0 Å². The molecule has 2 heterocycles. The number of carbonyl (C=O) groups is 2. The van der Waals surface area contributed by atoms with Crippen molar-refractivity contribution in [1.82, 2.24) is 14.7 Å². The maximum absolute atomic E-state index is 12.3. The van der Waals surface area contributed by atoms with Crippen molar-refractivity contribution in [2.45, 2.75) is 45.4 Å². The fourth-order valence-electron chi connectivity index (χ4n) is 3.53. The van der Waals surface area contributed by atoms with Crippen molar-refractivity contribution >= 4 is 34.5 Å². The maximum Gasteiger partial charge on any atom is 0.324 e. The molecular weight excluding hydrogens is 462 g/mol. The number of benzene rings is 2. The SMILES string of the molecule is CC(C)(C)c1cc(NC(=O)Nc2ccc(-n3cnc4cc(OCCCCC(=O)O)ccc43)cc2)no1. The molecule has 0 fully saturated rings. The molecule has 0 aliphatic rings. The number of ether oxygens (including phenoxy) is 1. The molecule has 188 valence electrons. The average Bonchev–Trinajstić information content (AvgIpc) is 3.46. The Bertz CT molecular complexity index is 1350. The first kappa shape index (κ1) is 24.8. The van der Waals surface area contributed by atoms with Gasteiger partial charge in [-0.3, -0.25) is 14.7 Å². The Kier molecular flexibility index (Phi) is 7.23. The van der Waals surface area contributed by atoms with E-state index in [-0.39, 0.29) is 11.8 Å². The van der Waals surface area contributed by atoms with Crippen LogP contribution >= 0.6 is 0 Å². The first-order valence-electron chi connectivity index (χ1n) is 11.7. The number of rotatable bonds is 9. The monoisotopic (exact) mass is 491 g/mol. The van der Waals surface area contributed by atoms with Crippen LogP contribution in [0.3, 0.4) is 0 Å². The van der Waals surface area contributed by atoms with Gasteiger partial charge in [0.25, 0.3) is 0 Å². The lowest BCUT2D eigenvalue weighted by Gasteiger charge is -2.12. The quantitative estimate of drug-likeness (QED) is 0.260. The minimum atomic E-state index is -0.796. The molecule has 0 spiro atoms. The first-order valence-corrected chi connectivity index (χ1v) is 11.7. The number of carbonyl (C=O) groups excluding carboxylic acids is 1. The number of imidazole rings is 1. The second-order valence-corrected chi connectivity index (χ2v) is 9.42. The van der Waals surface area contributed by atoms with Gasteiger partial charge in [0.05, 0.1) is 17.6 Å². The minimum absolute atomic E-state index is 0.145. The number of amides is 2. The molecule has 3 N–H and O–H groups in total. The van der Waals surface area contributed by atoms with Crippen LogP contribution in [-0.2, 0) is 10.2 Å². The lowest BCUT2D eigenvalue weighted by molar-refractivity contribution is -0.137. The highest BCUT2D eigenvalue weighted by molar-refractivity contribution is 5.99. The highest BCUT2D eigenvalue weighted by Gasteiger charge is 2.20. The number of aromatic nitrogens is 3. The van der Waals surface area contributed by atoms with Gasteiger partial charge in [-0.25, -0.2) is 9.78 Å². The number of aliphatic carboxylic acids is 1. The molecule has 0 atom stereocenters. The predicted molar refractivity (Wildman–Crippen MR) is 136 cm³/mol. The van der Waals surface area contributed by atoms with Crippen molar-refractivity contribution in [2.24, 2.45) is 0 Å². The number of carboxylic acid groups (broad SMARTS) is 1. The Morgan fingerprint density at radius 3 is 2.53 bits per heavy atom. The van der Waals surface area contributed by atoms with Crippen molar-refractivity contribution in [3.05, 3.63) is 60.6 Å². The third-order valence-electron chi connectivity index (χ3n) is 5.47. The summed E-state index contributed by atoms with van der Waals surface area (Å²) in [7, 11) is 0. The molecule has 0 unspecified atom stereocenters. The van der Waals surface area contributed by atoms with Crippen LogP contribution in [0.25, 0.3) is 16.7 Å². The van der Waals surface area contributed by atoms with E-state index in [1.807, 2.05) is 55.7 Å². The van der Waals surface area contributed by atoms with E-state index in [9.17, 15) is 9.59 Å². The van der Waals surface area contributed by atoms with Crippen LogP contribution in [0.1, 0.15) is 45.8 Å². The van der Waals surface area contributed by atoms with Crippen LogP contribution in [-0.4, -0.2) is 38.4 Å². The number of nitrogens with one attached hydrogen (secondary N) is 2. The summed E-state index contributed by atoms with van der Waals surface area (Å²) in [5.74, 6) is 0.928. The molecule has 0 saturated heterocycles. The van der Waals surface area contributed by atoms with Gasteiger partial charge >= 0.3 is 12.0 Å². The van der Waals surface area contributed by atoms with Crippen molar-refractivity contribution in [2.75, 3.05) is 17.2 Å². The van der Waals surface area contributed by atoms with Crippen molar-refractivity contribution in [1.29, 1.82) is 0 Å². The van der Waals surface area contributed by atoms with Crippen molar-refractivity contribution in [3.63, 3.8) is 0 Å². The smallest absolute Gasteiger partial charge is 0.324 e. The summed E-state index contributed by atoms with van der Waals surface area (Å²) in [6.07, 6.45) is 3.13. The summed E-state index contributed by atoms with van der Waals surface area (Å²) >= 11 is 0. The van der Waals surface area contributed by atoms with E-state index in [0.717, 1.165) is 16.7 Å². The summed E-state index contributed by atoms with van der Waals surface area (Å²) < 4.78 is 13.0. The van der Waals surface area contributed by atoms with E-state index in [2.05, 4.69) is 20.8 Å². The third kappa shape index (κ3) is 6.21. The van der Waals surface area contributed by atoms with Gasteiger partial charge in [-0.2, -0.15) is 0 Å². The summed E-state index contributed by atoms with van der Waals surface area (Å²) in [6, 6.07) is 14.3. The molecule has 0 bridgehead atoms. The normalized spacial score (nSPS) is 11.4. The Balaban J connectivity index is 1.35. The lowest BCUT2D eigenvalue weighted by Crippen LogP contribution is -2.19. The number of fused-ring (bicyclic) bond motifs is 1. The van der Waals surface area contributed by atoms with Gasteiger partial charge in [0.15, 0.2) is 5.82 Å². The number of nitrogens with zero attached hydrogens (tertiary/aromatic N) is 3. The maximum atomic E-state index is 12.3. The van der Waals surface area contributed by atoms with E-state index in [1.54, 1.807) is 24.5 Å². The summed E-state index contributed by atoms with van der Waals surface area (Å²) in [5.41, 5.74) is 3.00. The van der Waals surface area contributed by atoms with Crippen LogP contribution in [0.4, 0.5) is 16.3 Å². The third-order valence-corrected chi connectivity index (χ3v) is 5.47. The fraction of sp³-hybridized carbons (Fsp3) is 0.308. The molecule has 0 aliphatic heterocycles. The molecule has 36 heavy (non-hydrogen) atoms. The summed E-state index contributed by atoms with van der Waals surface area (Å²) in [4.78, 5) is 27.4. The highest BCUT2D eigenvalue weighted by Crippen LogP contribution is 2.25. The topological polar surface area (TPSA) is 132 Å². The zero-order chi connectivity index (χ0) is 25.7. The van der Waals surface area contributed by atoms with E-state index in [1.165, 1.54) is 0 Å². The predicted octanol–water partition coefficient (Wildman–Crippen LogP) is 5.59. The van der Waals surface area contributed by atoms with Crippen LogP contribution in [0.5, 0.6) is 5.75 Å². The fourth-order valence-corrected chi connectivity index (χ4v) is 3.53. The zero-order valence-electron chi connectivity index (χ0n) is 20.4. The second-order valence-electron chi connectivity index (χ2n) is 9.42. The Hall–Kier alpha value is -4.34. The zero-order valence-corrected chi connectivity index (χ0v) is 20.4. The van der Waals surface area contributed by atoms with Gasteiger partial charge < -0.3 is 19.7 Å². The Morgan fingerprint density at radius 1 is 1.06 bits per heavy atom. The van der Waals surface area contributed by atoms with Gasteiger partial charge in [0.1, 0.15) is 17.8 Å². The Labute approximate surface area is 208 Å². The molecule has 4 aromatic rings. The first-order chi connectivity index (χ1) is 17.2. The van der Waals surface area contributed by atoms with Crippen LogP contribution < -0.4 is 15.4 Å². The summed E-state index contributed by atoms with van der Waals surface area (Å²) in [6.45, 7) is 6.46. The van der Waals surface area contributed by atoms with Gasteiger partial charge in [0, 0.05) is 35.3 Å². The van der Waals surface area contributed by atoms with Gasteiger partial charge in [0.2, 0.25) is 0 Å². The molecule has 0 aliphatic carbocycles. The molecule has 4 rings (SSSR count). The molecule has 0 radical (unpaired) electrons. The molecule has 2 aromatic heterocycles. The molecule has 2 aromatic carbocycles. The van der Waals surface area contributed by atoms with Crippen LogP contribution in [0, 0.1) is 0 Å². The minimum Gasteiger partial charge on any atom is -0.494 e. The highest BCUT2D eigenvalue weighted by atomic mass is 16.5. The Morgan fingerprint density at radius 2 is 1.83 bits per heavy atom. The molecule has 10 nitrogen and oxygen atoms in total. The van der Waals surface area contributed by atoms with E-state index in [0.29, 0.717) is 42.5 Å². The molecule has 10 heteroatoms. The standard InChI is InChI=1S/C26H29N5O5/c1-26(2,3)22-15-23(30-36-22)29-25(34)28-17-7-9-18(10-8-17)31-16-27-20-14-19(11-12-21(20)31)35-13-5-4-6-24(32)33/h7-12,14-16H,4-6,13H2,1-3H3,(H,32,33)(H2,28,29,30,34). The van der Waals surface area contributed by atoms with Crippen molar-refractivity contribution in [3.8, 4) is 11.4 Å². The molecule has 0 saturated carbocycles. The number of urea groups is 1. The van der Waals surface area contributed by atoms with Gasteiger partial charge in [-0.05, 0) is 49.2 Å². The number of carboxylic acids is 1. The van der Waals surface area contributed by atoms with Crippen LogP contribution in [0.15, 0.2) is 59.4 Å². The second kappa shape index (κ2) is 10.5. The number of hydrogen-bond donors (Lipinski definition) is 3. The molecular formula is C26H29N5O5. The van der Waals surface area contributed by atoms with E-state index < -0.39 is 12.0 Å². The summed E-state index contributed by atoms with van der Waals surface area (Å²) in [5, 5.41) is 18.0. The van der Waals surface area contributed by atoms with E-state index in [4.69, 9.17) is 14.4 Å². The lowest BCUT2D eigenvalue weighted by atomic mass is 9.93.